The van der Waals surface area contributed by atoms with Crippen LogP contribution in [0.3, 0.4) is 0 Å². The van der Waals surface area contributed by atoms with Crippen molar-refractivity contribution < 1.29 is 28.2 Å². The van der Waals surface area contributed by atoms with Crippen molar-refractivity contribution in [2.75, 3.05) is 26.6 Å². The molecule has 1 N–H and O–H groups in total. The summed E-state index contributed by atoms with van der Waals surface area (Å²) < 4.78 is 28.8. The number of hydrogen-bond acceptors (Lipinski definition) is 6. The lowest BCUT2D eigenvalue weighted by Crippen LogP contribution is -2.13. The second kappa shape index (κ2) is 9.25. The number of anilines is 1. The Bertz CT molecular complexity index is 1220. The molecule has 1 heterocycles. The zero-order valence-electron chi connectivity index (χ0n) is 20.1. The number of methoxy groups -OCH3 is 3. The van der Waals surface area contributed by atoms with E-state index in [1.54, 1.807) is 31.4 Å². The fourth-order valence-corrected chi connectivity index (χ4v) is 5.54. The number of aryl methyl sites for hydroxylation is 2. The van der Waals surface area contributed by atoms with Crippen LogP contribution >= 0.6 is 15.9 Å². The van der Waals surface area contributed by atoms with Crippen LogP contribution in [-0.2, 0) is 11.8 Å². The number of carbonyl (C=O) groups is 1. The van der Waals surface area contributed by atoms with Crippen molar-refractivity contribution in [3.8, 4) is 28.9 Å². The average Bonchev–Trinajstić information content (AvgIpc) is 3.40. The number of carbonyl (C=O) groups excluding carboxylic acids is 1. The predicted octanol–water partition coefficient (Wildman–Crippen LogP) is 6.64. The number of halogens is 1. The van der Waals surface area contributed by atoms with Gasteiger partial charge in [-0.1, -0.05) is 19.9 Å². The Morgan fingerprint density at radius 3 is 2.35 bits per heavy atom. The lowest BCUT2D eigenvalue weighted by atomic mass is 9.86. The van der Waals surface area contributed by atoms with E-state index >= 15 is 0 Å². The van der Waals surface area contributed by atoms with Gasteiger partial charge >= 0.3 is 0 Å². The van der Waals surface area contributed by atoms with E-state index < -0.39 is 5.91 Å². The summed E-state index contributed by atoms with van der Waals surface area (Å²) in [7, 11) is 4.54. The third-order valence-electron chi connectivity index (χ3n) is 6.15. The van der Waals surface area contributed by atoms with Gasteiger partial charge in [0.2, 0.25) is 0 Å². The highest BCUT2D eigenvalue weighted by Gasteiger charge is 2.34. The third-order valence-corrected chi connectivity index (χ3v) is 6.90. The summed E-state index contributed by atoms with van der Waals surface area (Å²) >= 11 is 3.76. The van der Waals surface area contributed by atoms with Crippen LogP contribution < -0.4 is 24.3 Å². The molecule has 0 saturated carbocycles. The Labute approximate surface area is 207 Å². The quantitative estimate of drug-likeness (QED) is 0.369. The molecule has 1 aliphatic rings. The minimum Gasteiger partial charge on any atom is -0.496 e. The Morgan fingerprint density at radius 2 is 1.74 bits per heavy atom. The van der Waals surface area contributed by atoms with E-state index in [0.29, 0.717) is 28.7 Å². The first-order valence-corrected chi connectivity index (χ1v) is 11.7. The molecule has 0 bridgehead atoms. The van der Waals surface area contributed by atoms with Crippen molar-refractivity contribution in [3.05, 3.63) is 57.3 Å². The van der Waals surface area contributed by atoms with Crippen LogP contribution in [0.2, 0.25) is 0 Å². The molecule has 0 radical (unpaired) electrons. The zero-order chi connectivity index (χ0) is 24.6. The maximum atomic E-state index is 12.9. The van der Waals surface area contributed by atoms with E-state index in [-0.39, 0.29) is 17.1 Å². The molecule has 7 nitrogen and oxygen atoms in total. The summed E-state index contributed by atoms with van der Waals surface area (Å²) in [6.07, 6.45) is 2.14. The largest absolute Gasteiger partial charge is 0.496 e. The third kappa shape index (κ3) is 4.34. The molecule has 1 aliphatic carbocycles. The number of nitrogens with one attached hydrogen (secondary N) is 1. The molecule has 0 saturated heterocycles. The SMILES string of the molecule is COc1cc(OC)c(NC(=O)c2ccc(Oc3c(C)cc4c(c3Br)C(C)(C)CC4)o2)c(OC)c1. The van der Waals surface area contributed by atoms with Gasteiger partial charge in [-0.25, -0.2) is 0 Å². The van der Waals surface area contributed by atoms with Gasteiger partial charge in [-0.05, 0) is 63.9 Å². The number of amides is 1. The van der Waals surface area contributed by atoms with Crippen LogP contribution in [0, 0.1) is 6.92 Å². The normalized spacial score (nSPS) is 13.9. The van der Waals surface area contributed by atoms with E-state index in [9.17, 15) is 4.79 Å². The first-order valence-electron chi connectivity index (χ1n) is 10.9. The Balaban J connectivity index is 1.58. The van der Waals surface area contributed by atoms with Crippen LogP contribution in [-0.4, -0.2) is 27.2 Å². The van der Waals surface area contributed by atoms with Crippen LogP contribution in [0.4, 0.5) is 5.69 Å². The molecule has 8 heteroatoms. The Hall–Kier alpha value is -3.13. The number of ether oxygens (including phenoxy) is 4. The molecule has 180 valence electrons. The standard InChI is InChI=1S/C26H28BrNO6/c1-14-11-15-9-10-26(2,3)21(15)22(27)24(14)34-20-8-7-17(33-20)25(29)28-23-18(31-5)12-16(30-4)13-19(23)32-6/h7-8,11-13H,9-10H2,1-6H3,(H,28,29). The molecular weight excluding hydrogens is 502 g/mol. The molecule has 0 atom stereocenters. The molecule has 0 spiro atoms. The van der Waals surface area contributed by atoms with E-state index in [1.165, 1.54) is 25.3 Å². The van der Waals surface area contributed by atoms with E-state index in [2.05, 4.69) is 41.2 Å². The van der Waals surface area contributed by atoms with Crippen molar-refractivity contribution in [1.82, 2.24) is 0 Å². The van der Waals surface area contributed by atoms with Crippen molar-refractivity contribution >= 4 is 27.5 Å². The summed E-state index contributed by atoms with van der Waals surface area (Å²) in [6.45, 7) is 6.48. The summed E-state index contributed by atoms with van der Waals surface area (Å²) in [4.78, 5) is 12.9. The lowest BCUT2D eigenvalue weighted by Gasteiger charge is -2.22. The zero-order valence-corrected chi connectivity index (χ0v) is 21.7. The highest BCUT2D eigenvalue weighted by Crippen LogP contribution is 2.48. The summed E-state index contributed by atoms with van der Waals surface area (Å²) in [5.41, 5.74) is 4.03. The molecule has 0 unspecified atom stereocenters. The fraction of sp³-hybridized carbons (Fsp3) is 0.346. The minimum atomic E-state index is -0.470. The predicted molar refractivity (Wildman–Crippen MR) is 133 cm³/mol. The van der Waals surface area contributed by atoms with Crippen molar-refractivity contribution in [2.45, 2.75) is 39.0 Å². The van der Waals surface area contributed by atoms with E-state index in [1.807, 2.05) is 6.92 Å². The molecule has 4 rings (SSSR count). The van der Waals surface area contributed by atoms with Crippen LogP contribution in [0.5, 0.6) is 28.9 Å². The molecule has 1 amide bonds. The van der Waals surface area contributed by atoms with Gasteiger partial charge in [0.1, 0.15) is 28.7 Å². The number of rotatable bonds is 7. The molecule has 1 aromatic heterocycles. The van der Waals surface area contributed by atoms with Crippen molar-refractivity contribution in [1.29, 1.82) is 0 Å². The molecule has 0 aliphatic heterocycles. The van der Waals surface area contributed by atoms with E-state index in [0.717, 1.165) is 22.9 Å². The van der Waals surface area contributed by atoms with Gasteiger partial charge in [-0.15, -0.1) is 0 Å². The van der Waals surface area contributed by atoms with Gasteiger partial charge in [0.15, 0.2) is 5.76 Å². The molecule has 0 fully saturated rings. The van der Waals surface area contributed by atoms with E-state index in [4.69, 9.17) is 23.4 Å². The molecular formula is C26H28BrNO6. The Morgan fingerprint density at radius 1 is 1.06 bits per heavy atom. The number of furan rings is 1. The monoisotopic (exact) mass is 529 g/mol. The average molecular weight is 530 g/mol. The highest BCUT2D eigenvalue weighted by atomic mass is 79.9. The highest BCUT2D eigenvalue weighted by molar-refractivity contribution is 9.10. The maximum absolute atomic E-state index is 12.9. The smallest absolute Gasteiger partial charge is 0.291 e. The molecule has 2 aromatic carbocycles. The number of benzene rings is 2. The topological polar surface area (TPSA) is 79.2 Å². The lowest BCUT2D eigenvalue weighted by molar-refractivity contribution is 0.0991. The van der Waals surface area contributed by atoms with Crippen LogP contribution in [0.1, 0.15) is 47.5 Å². The van der Waals surface area contributed by atoms with Gasteiger partial charge in [-0.2, -0.15) is 0 Å². The van der Waals surface area contributed by atoms with Gasteiger partial charge < -0.3 is 28.7 Å². The van der Waals surface area contributed by atoms with Crippen molar-refractivity contribution in [3.63, 3.8) is 0 Å². The number of fused-ring (bicyclic) bond motifs is 1. The van der Waals surface area contributed by atoms with Crippen LogP contribution in [0.25, 0.3) is 0 Å². The first kappa shape index (κ1) is 24.0. The summed E-state index contributed by atoms with van der Waals surface area (Å²) in [5, 5.41) is 2.79. The second-order valence-corrected chi connectivity index (χ2v) is 9.63. The maximum Gasteiger partial charge on any atom is 0.291 e. The second-order valence-electron chi connectivity index (χ2n) is 8.84. The molecule has 34 heavy (non-hydrogen) atoms. The number of hydrogen-bond donors (Lipinski definition) is 1. The van der Waals surface area contributed by atoms with Gasteiger partial charge in [0, 0.05) is 18.2 Å². The van der Waals surface area contributed by atoms with Gasteiger partial charge in [-0.3, -0.25) is 4.79 Å². The summed E-state index contributed by atoms with van der Waals surface area (Å²) in [5.74, 6) is 1.86. The summed E-state index contributed by atoms with van der Waals surface area (Å²) in [6, 6.07) is 8.67. The van der Waals surface area contributed by atoms with Crippen molar-refractivity contribution in [2.24, 2.45) is 0 Å². The minimum absolute atomic E-state index is 0.0602. The fourth-order valence-electron chi connectivity index (χ4n) is 4.35. The first-order chi connectivity index (χ1) is 16.2. The van der Waals surface area contributed by atoms with Gasteiger partial charge in [0.05, 0.1) is 25.8 Å². The molecule has 3 aromatic rings. The Kier molecular flexibility index (Phi) is 6.53. The van der Waals surface area contributed by atoms with Gasteiger partial charge in [0.25, 0.3) is 11.9 Å². The van der Waals surface area contributed by atoms with Crippen LogP contribution in [0.15, 0.2) is 39.2 Å².